The smallest absolute Gasteiger partial charge is 0.335 e. The van der Waals surface area contributed by atoms with Gasteiger partial charge in [-0.1, -0.05) is 0 Å². The molecule has 0 fully saturated rings. The average molecular weight is 82.2 g/mol. The fraction of sp³-hybridized carbons (Fsp3) is 0.667. The molecule has 1 heteroatoms. The summed E-state index contributed by atoms with van der Waals surface area (Å²) in [5, 5.41) is 0. The van der Waals surface area contributed by atoms with Crippen LogP contribution in [0.5, 0.6) is 0 Å². The van der Waals surface area contributed by atoms with Crippen molar-refractivity contribution >= 4 is 0 Å². The Morgan fingerprint density at radius 2 is 1.25 bits per heavy atom. The predicted octanol–water partition coefficient (Wildman–Crippen LogP) is -1.77. The third kappa shape index (κ3) is 9.44. The SMILES string of the molecule is C[CH-]C.[K+]. The molecule has 0 unspecified atom stereocenters. The van der Waals surface area contributed by atoms with Crippen LogP contribution < -0.4 is 51.4 Å². The molecule has 0 aromatic carbocycles. The van der Waals surface area contributed by atoms with Crippen LogP contribution in [0.15, 0.2) is 0 Å². The summed E-state index contributed by atoms with van der Waals surface area (Å²) in [5.41, 5.74) is 0. The van der Waals surface area contributed by atoms with E-state index in [2.05, 4.69) is 0 Å². The summed E-state index contributed by atoms with van der Waals surface area (Å²) in [4.78, 5) is 0. The summed E-state index contributed by atoms with van der Waals surface area (Å²) in [5.74, 6) is 0. The Morgan fingerprint density at radius 3 is 1.25 bits per heavy atom. The summed E-state index contributed by atoms with van der Waals surface area (Å²) in [6.07, 6.45) is 2.00. The fourth-order valence-corrected chi connectivity index (χ4v) is 0. The normalized spacial score (nSPS) is 4.50. The van der Waals surface area contributed by atoms with Gasteiger partial charge in [-0.25, -0.2) is 0 Å². The third-order valence-corrected chi connectivity index (χ3v) is 0. The molecule has 0 aliphatic heterocycles. The third-order valence-electron chi connectivity index (χ3n) is 0. The largest absolute Gasteiger partial charge is 1.00 e. The zero-order chi connectivity index (χ0) is 2.71. The van der Waals surface area contributed by atoms with E-state index >= 15 is 0 Å². The van der Waals surface area contributed by atoms with Gasteiger partial charge in [-0.3, -0.25) is 0 Å². The van der Waals surface area contributed by atoms with Crippen LogP contribution in [0, 0.1) is 6.42 Å². The molecule has 0 aliphatic carbocycles. The summed E-state index contributed by atoms with van der Waals surface area (Å²) in [6, 6.07) is 0. The van der Waals surface area contributed by atoms with Crippen LogP contribution in [0.25, 0.3) is 0 Å². The summed E-state index contributed by atoms with van der Waals surface area (Å²) in [6.45, 7) is 4.00. The topological polar surface area (TPSA) is 0 Å². The van der Waals surface area contributed by atoms with Gasteiger partial charge in [-0.15, -0.1) is 0 Å². The zero-order valence-electron chi connectivity index (χ0n) is 3.58. The van der Waals surface area contributed by atoms with Gasteiger partial charge in [-0.2, -0.15) is 13.8 Å². The van der Waals surface area contributed by atoms with Crippen molar-refractivity contribution in [3.05, 3.63) is 6.42 Å². The van der Waals surface area contributed by atoms with Crippen molar-refractivity contribution in [1.82, 2.24) is 0 Å². The molecule has 0 saturated heterocycles. The van der Waals surface area contributed by atoms with Crippen molar-refractivity contribution in [3.8, 4) is 0 Å². The van der Waals surface area contributed by atoms with Crippen LogP contribution in [0.2, 0.25) is 0 Å². The molecule has 0 saturated carbocycles. The van der Waals surface area contributed by atoms with E-state index in [1.165, 1.54) is 0 Å². The van der Waals surface area contributed by atoms with Gasteiger partial charge >= 0.3 is 51.4 Å². The number of hydrogen-bond donors (Lipinski definition) is 0. The van der Waals surface area contributed by atoms with Gasteiger partial charge in [0.2, 0.25) is 0 Å². The van der Waals surface area contributed by atoms with E-state index in [1.807, 2.05) is 20.3 Å². The molecule has 0 spiro atoms. The molecule has 0 aromatic rings. The molecule has 0 radical (unpaired) electrons. The van der Waals surface area contributed by atoms with E-state index in [4.69, 9.17) is 0 Å². The molecule has 4 heavy (non-hydrogen) atoms. The van der Waals surface area contributed by atoms with E-state index in [-0.39, 0.29) is 51.4 Å². The van der Waals surface area contributed by atoms with Crippen LogP contribution in [0.3, 0.4) is 0 Å². The molecule has 0 N–H and O–H groups in total. The van der Waals surface area contributed by atoms with E-state index in [9.17, 15) is 0 Å². The number of rotatable bonds is 0. The second kappa shape index (κ2) is 8.82. The van der Waals surface area contributed by atoms with E-state index in [1.54, 1.807) is 0 Å². The molecule has 0 nitrogen and oxygen atoms in total. The molecule has 0 atom stereocenters. The molecule has 0 bridgehead atoms. The maximum Gasteiger partial charge on any atom is 1.00 e. The average Bonchev–Trinajstić information content (AvgIpc) is 0.918. The van der Waals surface area contributed by atoms with Crippen molar-refractivity contribution in [3.63, 3.8) is 0 Å². The predicted molar refractivity (Wildman–Crippen MR) is 15.6 cm³/mol. The van der Waals surface area contributed by atoms with Crippen LogP contribution in [-0.4, -0.2) is 0 Å². The second-order valence-electron chi connectivity index (χ2n) is 0.577. The van der Waals surface area contributed by atoms with Crippen LogP contribution >= 0.6 is 0 Å². The van der Waals surface area contributed by atoms with Crippen LogP contribution in [-0.2, 0) is 0 Å². The van der Waals surface area contributed by atoms with E-state index in [0.29, 0.717) is 0 Å². The minimum absolute atomic E-state index is 0. The van der Waals surface area contributed by atoms with Gasteiger partial charge in [0.15, 0.2) is 0 Å². The second-order valence-corrected chi connectivity index (χ2v) is 0.577. The zero-order valence-corrected chi connectivity index (χ0v) is 6.70. The van der Waals surface area contributed by atoms with Crippen LogP contribution in [0.4, 0.5) is 0 Å². The van der Waals surface area contributed by atoms with E-state index in [0.717, 1.165) is 0 Å². The summed E-state index contributed by atoms with van der Waals surface area (Å²) in [7, 11) is 0. The Labute approximate surface area is 70.4 Å². The first-order chi connectivity index (χ1) is 1.41. The van der Waals surface area contributed by atoms with Gasteiger partial charge in [0, 0.05) is 0 Å². The van der Waals surface area contributed by atoms with Crippen molar-refractivity contribution in [1.29, 1.82) is 0 Å². The van der Waals surface area contributed by atoms with Crippen molar-refractivity contribution < 1.29 is 51.4 Å². The number of hydrogen-bond acceptors (Lipinski definition) is 0. The van der Waals surface area contributed by atoms with Gasteiger partial charge < -0.3 is 6.42 Å². The Balaban J connectivity index is 0. The molecule has 0 rings (SSSR count). The molecule has 0 amide bonds. The Kier molecular flexibility index (Phi) is 20.2. The summed E-state index contributed by atoms with van der Waals surface area (Å²) < 4.78 is 0. The standard InChI is InChI=1S/C3H7.K/c1-3-2;/h3H,1-2H3;/q-1;+1. The monoisotopic (exact) mass is 82.0 g/mol. The Morgan fingerprint density at radius 1 is 1.25 bits per heavy atom. The summed E-state index contributed by atoms with van der Waals surface area (Å²) >= 11 is 0. The molecular weight excluding hydrogens is 75.1 g/mol. The first kappa shape index (κ1) is 9.16. The molecular formula is C3H7K. The van der Waals surface area contributed by atoms with Crippen molar-refractivity contribution in [2.45, 2.75) is 13.8 Å². The Hall–Kier alpha value is 1.64. The quantitative estimate of drug-likeness (QED) is 0.240. The van der Waals surface area contributed by atoms with Crippen molar-refractivity contribution in [2.24, 2.45) is 0 Å². The first-order valence-electron chi connectivity index (χ1n) is 1.15. The van der Waals surface area contributed by atoms with Gasteiger partial charge in [0.1, 0.15) is 0 Å². The fourth-order valence-electron chi connectivity index (χ4n) is 0. The first-order valence-corrected chi connectivity index (χ1v) is 1.15. The van der Waals surface area contributed by atoms with Gasteiger partial charge in [0.05, 0.1) is 0 Å². The minimum Gasteiger partial charge on any atom is -0.335 e. The molecule has 0 heterocycles. The molecule has 0 aliphatic rings. The Bertz CT molecular complexity index is 3.25. The van der Waals surface area contributed by atoms with Gasteiger partial charge in [0.25, 0.3) is 0 Å². The molecule has 0 aromatic heterocycles. The maximum absolute atomic E-state index is 2.00. The minimum atomic E-state index is 0. The maximum atomic E-state index is 2.00. The van der Waals surface area contributed by atoms with E-state index < -0.39 is 0 Å². The van der Waals surface area contributed by atoms with Crippen molar-refractivity contribution in [2.75, 3.05) is 0 Å². The molecule has 20 valence electrons. The van der Waals surface area contributed by atoms with Crippen LogP contribution in [0.1, 0.15) is 13.8 Å². The van der Waals surface area contributed by atoms with Gasteiger partial charge in [-0.05, 0) is 0 Å².